The number of nitrogens with zero attached hydrogens (tertiary/aromatic N) is 2. The Morgan fingerprint density at radius 2 is 2.12 bits per heavy atom. The van der Waals surface area contributed by atoms with Crippen LogP contribution in [0.15, 0.2) is 24.3 Å². The fraction of sp³-hybridized carbons (Fsp3) is 0.308. The highest BCUT2D eigenvalue weighted by atomic mass is 16.5. The second-order valence-corrected chi connectivity index (χ2v) is 3.53. The van der Waals surface area contributed by atoms with E-state index >= 15 is 0 Å². The number of hydrogen-bond acceptors (Lipinski definition) is 3. The predicted octanol–water partition coefficient (Wildman–Crippen LogP) is 1.82. The molecule has 16 heavy (non-hydrogen) atoms. The second kappa shape index (κ2) is 5.80. The van der Waals surface area contributed by atoms with Crippen LogP contribution in [0.1, 0.15) is 11.6 Å². The highest BCUT2D eigenvalue weighted by Gasteiger charge is 2.17. The second-order valence-electron chi connectivity index (χ2n) is 3.53. The van der Waals surface area contributed by atoms with Crippen LogP contribution in [0.5, 0.6) is 5.75 Å². The number of ether oxygens (including phenoxy) is 1. The molecular formula is C13H14N2O. The Labute approximate surface area is 96.3 Å². The summed E-state index contributed by atoms with van der Waals surface area (Å²) in [5.41, 5.74) is 0.838. The van der Waals surface area contributed by atoms with Crippen LogP contribution in [0.4, 0.5) is 0 Å². The highest BCUT2D eigenvalue weighted by Crippen LogP contribution is 2.27. The number of rotatable bonds is 4. The Morgan fingerprint density at radius 3 is 2.69 bits per heavy atom. The molecule has 0 bridgehead atoms. The summed E-state index contributed by atoms with van der Waals surface area (Å²) in [6, 6.07) is 9.34. The van der Waals surface area contributed by atoms with Crippen molar-refractivity contribution in [1.82, 2.24) is 4.90 Å². The lowest BCUT2D eigenvalue weighted by Gasteiger charge is -2.19. The minimum atomic E-state index is -0.325. The van der Waals surface area contributed by atoms with E-state index in [0.717, 1.165) is 5.56 Å². The maximum atomic E-state index is 9.11. The minimum Gasteiger partial charge on any atom is -0.481 e. The van der Waals surface area contributed by atoms with Crippen molar-refractivity contribution in [3.63, 3.8) is 0 Å². The molecule has 0 heterocycles. The first kappa shape index (κ1) is 12.1. The summed E-state index contributed by atoms with van der Waals surface area (Å²) in [6.07, 6.45) is 5.14. The number of para-hydroxylation sites is 1. The molecule has 0 aliphatic carbocycles. The van der Waals surface area contributed by atoms with E-state index in [0.29, 0.717) is 5.75 Å². The molecule has 0 aliphatic rings. The minimum absolute atomic E-state index is 0.211. The van der Waals surface area contributed by atoms with Gasteiger partial charge >= 0.3 is 0 Å². The van der Waals surface area contributed by atoms with Crippen LogP contribution in [0.3, 0.4) is 0 Å². The number of hydrogen-bond donors (Lipinski definition) is 0. The molecular weight excluding hydrogens is 200 g/mol. The third-order valence-electron chi connectivity index (χ3n) is 2.16. The molecule has 3 nitrogen and oxygen atoms in total. The molecule has 0 fully saturated rings. The molecule has 1 aromatic rings. The van der Waals surface area contributed by atoms with E-state index in [4.69, 9.17) is 16.4 Å². The summed E-state index contributed by atoms with van der Waals surface area (Å²) in [7, 11) is 3.71. The van der Waals surface area contributed by atoms with Gasteiger partial charge in [-0.2, -0.15) is 5.26 Å². The molecule has 1 aromatic carbocycles. The van der Waals surface area contributed by atoms with Crippen molar-refractivity contribution in [3.8, 4) is 24.2 Å². The molecule has 0 N–H and O–H groups in total. The Balaban J connectivity index is 3.03. The van der Waals surface area contributed by atoms with E-state index in [1.807, 2.05) is 43.3 Å². The average Bonchev–Trinajstić information content (AvgIpc) is 2.28. The molecule has 1 rings (SSSR count). The average molecular weight is 214 g/mol. The predicted molar refractivity (Wildman–Crippen MR) is 62.8 cm³/mol. The van der Waals surface area contributed by atoms with Gasteiger partial charge in [0.15, 0.2) is 0 Å². The van der Waals surface area contributed by atoms with Crippen LogP contribution in [0.25, 0.3) is 0 Å². The standard InChI is InChI=1S/C13H14N2O/c1-4-9-16-13-8-6-5-7-11(13)12(10-14)15(2)3/h1,5-8,12H,9H2,2-3H3. The summed E-state index contributed by atoms with van der Waals surface area (Å²) >= 11 is 0. The topological polar surface area (TPSA) is 36.3 Å². The maximum absolute atomic E-state index is 9.11. The first-order valence-corrected chi connectivity index (χ1v) is 4.92. The first-order valence-electron chi connectivity index (χ1n) is 4.92. The van der Waals surface area contributed by atoms with E-state index < -0.39 is 0 Å². The highest BCUT2D eigenvalue weighted by molar-refractivity contribution is 5.38. The van der Waals surface area contributed by atoms with Crippen molar-refractivity contribution < 1.29 is 4.74 Å². The van der Waals surface area contributed by atoms with Crippen molar-refractivity contribution in [1.29, 1.82) is 5.26 Å². The van der Waals surface area contributed by atoms with E-state index in [9.17, 15) is 0 Å². The summed E-state index contributed by atoms with van der Waals surface area (Å²) < 4.78 is 5.41. The van der Waals surface area contributed by atoms with Crippen molar-refractivity contribution in [2.45, 2.75) is 6.04 Å². The van der Waals surface area contributed by atoms with Gasteiger partial charge in [0.1, 0.15) is 18.4 Å². The third-order valence-corrected chi connectivity index (χ3v) is 2.16. The zero-order chi connectivity index (χ0) is 12.0. The van der Waals surface area contributed by atoms with Gasteiger partial charge in [-0.15, -0.1) is 6.42 Å². The fourth-order valence-corrected chi connectivity index (χ4v) is 1.42. The number of terminal acetylenes is 1. The number of benzene rings is 1. The van der Waals surface area contributed by atoms with Gasteiger partial charge in [-0.1, -0.05) is 24.1 Å². The largest absolute Gasteiger partial charge is 0.481 e. The summed E-state index contributed by atoms with van der Waals surface area (Å²) in [5, 5.41) is 9.11. The first-order chi connectivity index (χ1) is 7.70. The Morgan fingerprint density at radius 1 is 1.44 bits per heavy atom. The van der Waals surface area contributed by atoms with Crippen LogP contribution >= 0.6 is 0 Å². The lowest BCUT2D eigenvalue weighted by molar-refractivity contribution is 0.327. The molecule has 1 atom stereocenters. The van der Waals surface area contributed by atoms with Crippen LogP contribution in [-0.2, 0) is 0 Å². The summed E-state index contributed by atoms with van der Waals surface area (Å²) in [5.74, 6) is 3.08. The smallest absolute Gasteiger partial charge is 0.148 e. The van der Waals surface area contributed by atoms with Crippen molar-refractivity contribution >= 4 is 0 Å². The molecule has 1 unspecified atom stereocenters. The molecule has 0 radical (unpaired) electrons. The quantitative estimate of drug-likeness (QED) is 0.717. The van der Waals surface area contributed by atoms with Crippen LogP contribution < -0.4 is 4.74 Å². The monoisotopic (exact) mass is 214 g/mol. The molecule has 0 spiro atoms. The van der Waals surface area contributed by atoms with E-state index in [2.05, 4.69) is 12.0 Å². The Bertz CT molecular complexity index is 426. The molecule has 0 saturated heterocycles. The van der Waals surface area contributed by atoms with Gasteiger partial charge in [-0.3, -0.25) is 4.90 Å². The van der Waals surface area contributed by atoms with E-state index in [1.165, 1.54) is 0 Å². The van der Waals surface area contributed by atoms with Crippen LogP contribution in [0.2, 0.25) is 0 Å². The van der Waals surface area contributed by atoms with Crippen LogP contribution in [0, 0.1) is 23.7 Å². The van der Waals surface area contributed by atoms with Crippen molar-refractivity contribution in [3.05, 3.63) is 29.8 Å². The lowest BCUT2D eigenvalue weighted by atomic mass is 10.1. The van der Waals surface area contributed by atoms with Crippen molar-refractivity contribution in [2.75, 3.05) is 20.7 Å². The van der Waals surface area contributed by atoms with Gasteiger partial charge in [0.05, 0.1) is 6.07 Å². The zero-order valence-electron chi connectivity index (χ0n) is 9.47. The van der Waals surface area contributed by atoms with Gasteiger partial charge in [0.2, 0.25) is 0 Å². The fourth-order valence-electron chi connectivity index (χ4n) is 1.42. The molecule has 82 valence electrons. The van der Waals surface area contributed by atoms with Gasteiger partial charge < -0.3 is 4.74 Å². The summed E-state index contributed by atoms with van der Waals surface area (Å²) in [4.78, 5) is 1.83. The van der Waals surface area contributed by atoms with Gasteiger partial charge in [-0.05, 0) is 20.2 Å². The zero-order valence-corrected chi connectivity index (χ0v) is 9.47. The maximum Gasteiger partial charge on any atom is 0.148 e. The molecule has 0 saturated carbocycles. The van der Waals surface area contributed by atoms with Gasteiger partial charge in [0, 0.05) is 5.56 Å². The Hall–Kier alpha value is -1.97. The normalized spacial score (nSPS) is 11.6. The SMILES string of the molecule is C#CCOc1ccccc1C(C#N)N(C)C. The molecule has 0 amide bonds. The van der Waals surface area contributed by atoms with Gasteiger partial charge in [0.25, 0.3) is 0 Å². The molecule has 0 aliphatic heterocycles. The Kier molecular flexibility index (Phi) is 4.39. The van der Waals surface area contributed by atoms with Crippen LogP contribution in [-0.4, -0.2) is 25.6 Å². The van der Waals surface area contributed by atoms with Gasteiger partial charge in [-0.25, -0.2) is 0 Å². The van der Waals surface area contributed by atoms with Crippen molar-refractivity contribution in [2.24, 2.45) is 0 Å². The third kappa shape index (κ3) is 2.76. The summed E-state index contributed by atoms with van der Waals surface area (Å²) in [6.45, 7) is 0.211. The van der Waals surface area contributed by atoms with E-state index in [1.54, 1.807) is 0 Å². The lowest BCUT2D eigenvalue weighted by Crippen LogP contribution is -2.19. The molecule has 0 aromatic heterocycles. The number of nitriles is 1. The van der Waals surface area contributed by atoms with E-state index in [-0.39, 0.29) is 12.6 Å². The molecule has 3 heteroatoms.